The molecule has 0 radical (unpaired) electrons. The monoisotopic (exact) mass is 306 g/mol. The average molecular weight is 306 g/mol. The number of aldehydes is 1. The molecule has 0 amide bonds. The van der Waals surface area contributed by atoms with E-state index in [1.54, 1.807) is 6.92 Å². The van der Waals surface area contributed by atoms with E-state index in [9.17, 15) is 9.59 Å². The lowest BCUT2D eigenvalue weighted by molar-refractivity contribution is -0.160. The van der Waals surface area contributed by atoms with Crippen molar-refractivity contribution >= 4 is 12.3 Å². The maximum absolute atomic E-state index is 12.2. The first-order valence-corrected chi connectivity index (χ1v) is 7.65. The SMILES string of the molecule is C[C@@H](C(=O)OCc1ccccc1)[C@@H](CCC=O)OC(C)(C)C. The van der Waals surface area contributed by atoms with Gasteiger partial charge in [-0.1, -0.05) is 30.3 Å². The number of rotatable bonds is 8. The van der Waals surface area contributed by atoms with E-state index < -0.39 is 5.92 Å². The summed E-state index contributed by atoms with van der Waals surface area (Å²) in [4.78, 5) is 22.8. The Bertz CT molecular complexity index is 462. The van der Waals surface area contributed by atoms with E-state index in [1.165, 1.54) is 0 Å². The number of ether oxygens (including phenoxy) is 2. The Morgan fingerprint density at radius 1 is 1.23 bits per heavy atom. The Hall–Kier alpha value is -1.68. The fraction of sp³-hybridized carbons (Fsp3) is 0.556. The molecule has 2 atom stereocenters. The first-order chi connectivity index (χ1) is 10.3. The molecule has 0 saturated carbocycles. The summed E-state index contributed by atoms with van der Waals surface area (Å²) >= 11 is 0. The van der Waals surface area contributed by atoms with E-state index in [4.69, 9.17) is 9.47 Å². The van der Waals surface area contributed by atoms with Gasteiger partial charge < -0.3 is 14.3 Å². The molecule has 0 aliphatic rings. The lowest BCUT2D eigenvalue weighted by Gasteiger charge is -2.30. The normalized spacial score (nSPS) is 14.2. The summed E-state index contributed by atoms with van der Waals surface area (Å²) in [6.07, 6.45) is 1.41. The van der Waals surface area contributed by atoms with E-state index in [-0.39, 0.29) is 24.3 Å². The van der Waals surface area contributed by atoms with Crippen LogP contribution in [0.15, 0.2) is 30.3 Å². The van der Waals surface area contributed by atoms with Crippen LogP contribution < -0.4 is 0 Å². The van der Waals surface area contributed by atoms with Gasteiger partial charge in [0, 0.05) is 6.42 Å². The highest BCUT2D eigenvalue weighted by Gasteiger charge is 2.29. The Kier molecular flexibility index (Phi) is 7.25. The van der Waals surface area contributed by atoms with Crippen LogP contribution in [0.2, 0.25) is 0 Å². The summed E-state index contributed by atoms with van der Waals surface area (Å²) in [5, 5.41) is 0. The van der Waals surface area contributed by atoms with E-state index >= 15 is 0 Å². The van der Waals surface area contributed by atoms with Crippen molar-refractivity contribution in [2.45, 2.75) is 58.8 Å². The first kappa shape index (κ1) is 18.4. The van der Waals surface area contributed by atoms with Crippen molar-refractivity contribution in [2.24, 2.45) is 5.92 Å². The lowest BCUT2D eigenvalue weighted by Crippen LogP contribution is -2.36. The molecule has 0 saturated heterocycles. The molecule has 122 valence electrons. The quantitative estimate of drug-likeness (QED) is 0.544. The average Bonchev–Trinajstić information content (AvgIpc) is 2.48. The van der Waals surface area contributed by atoms with Gasteiger partial charge in [0.1, 0.15) is 12.9 Å². The van der Waals surface area contributed by atoms with E-state index in [0.717, 1.165) is 11.8 Å². The van der Waals surface area contributed by atoms with Crippen LogP contribution >= 0.6 is 0 Å². The topological polar surface area (TPSA) is 52.6 Å². The van der Waals surface area contributed by atoms with E-state index in [0.29, 0.717) is 12.8 Å². The molecule has 0 bridgehead atoms. The summed E-state index contributed by atoms with van der Waals surface area (Å²) in [5.74, 6) is -0.716. The summed E-state index contributed by atoms with van der Waals surface area (Å²) in [5.41, 5.74) is 0.575. The number of carbonyl (C=O) groups excluding carboxylic acids is 2. The molecule has 0 aliphatic heterocycles. The fourth-order valence-corrected chi connectivity index (χ4v) is 2.11. The van der Waals surface area contributed by atoms with Crippen molar-refractivity contribution in [3.05, 3.63) is 35.9 Å². The molecule has 0 aliphatic carbocycles. The van der Waals surface area contributed by atoms with Gasteiger partial charge in [-0.3, -0.25) is 4.79 Å². The maximum Gasteiger partial charge on any atom is 0.311 e. The van der Waals surface area contributed by atoms with Gasteiger partial charge in [0.25, 0.3) is 0 Å². The summed E-state index contributed by atoms with van der Waals surface area (Å²) in [6.45, 7) is 7.84. The van der Waals surface area contributed by atoms with Crippen LogP contribution in [0.25, 0.3) is 0 Å². The highest BCUT2D eigenvalue weighted by molar-refractivity contribution is 5.72. The van der Waals surface area contributed by atoms with Crippen molar-refractivity contribution in [1.82, 2.24) is 0 Å². The highest BCUT2D eigenvalue weighted by Crippen LogP contribution is 2.22. The fourth-order valence-electron chi connectivity index (χ4n) is 2.11. The van der Waals surface area contributed by atoms with Gasteiger partial charge >= 0.3 is 5.97 Å². The number of hydrogen-bond acceptors (Lipinski definition) is 4. The standard InChI is InChI=1S/C18H26O4/c1-14(16(11-8-12-19)22-18(2,3)4)17(20)21-13-15-9-6-5-7-10-15/h5-7,9-10,12,14,16H,8,11,13H2,1-4H3/t14-,16-/m1/s1. The zero-order chi connectivity index (χ0) is 16.6. The van der Waals surface area contributed by atoms with Crippen molar-refractivity contribution in [2.75, 3.05) is 0 Å². The molecule has 1 aromatic carbocycles. The minimum Gasteiger partial charge on any atom is -0.461 e. The minimum absolute atomic E-state index is 0.250. The minimum atomic E-state index is -0.414. The van der Waals surface area contributed by atoms with Crippen LogP contribution in [0, 0.1) is 5.92 Å². The number of benzene rings is 1. The van der Waals surface area contributed by atoms with Gasteiger partial charge in [-0.2, -0.15) is 0 Å². The van der Waals surface area contributed by atoms with E-state index in [2.05, 4.69) is 0 Å². The Balaban J connectivity index is 2.60. The molecule has 0 heterocycles. The molecule has 0 N–H and O–H groups in total. The molecule has 0 aromatic heterocycles. The van der Waals surface area contributed by atoms with Crippen molar-refractivity contribution in [1.29, 1.82) is 0 Å². The molecule has 0 fully saturated rings. The Labute approximate surface area is 132 Å². The van der Waals surface area contributed by atoms with Crippen molar-refractivity contribution in [3.8, 4) is 0 Å². The molecular weight excluding hydrogens is 280 g/mol. The molecular formula is C18H26O4. The summed E-state index contributed by atoms with van der Waals surface area (Å²) in [7, 11) is 0. The third kappa shape index (κ3) is 6.85. The second kappa shape index (κ2) is 8.69. The van der Waals surface area contributed by atoms with Gasteiger partial charge in [0.15, 0.2) is 0 Å². The Morgan fingerprint density at radius 3 is 2.41 bits per heavy atom. The molecule has 0 unspecified atom stereocenters. The van der Waals surface area contributed by atoms with Crippen LogP contribution in [-0.2, 0) is 25.7 Å². The molecule has 1 aromatic rings. The Morgan fingerprint density at radius 2 is 1.86 bits per heavy atom. The molecule has 4 nitrogen and oxygen atoms in total. The highest BCUT2D eigenvalue weighted by atomic mass is 16.5. The molecule has 0 spiro atoms. The van der Waals surface area contributed by atoms with Crippen LogP contribution in [0.5, 0.6) is 0 Å². The smallest absolute Gasteiger partial charge is 0.311 e. The molecule has 4 heteroatoms. The van der Waals surface area contributed by atoms with Gasteiger partial charge in [0.2, 0.25) is 0 Å². The van der Waals surface area contributed by atoms with Crippen LogP contribution in [0.1, 0.15) is 46.1 Å². The second-order valence-electron chi connectivity index (χ2n) is 6.39. The van der Waals surface area contributed by atoms with Crippen LogP contribution in [-0.4, -0.2) is 24.0 Å². The second-order valence-corrected chi connectivity index (χ2v) is 6.39. The van der Waals surface area contributed by atoms with Crippen molar-refractivity contribution in [3.63, 3.8) is 0 Å². The largest absolute Gasteiger partial charge is 0.461 e. The van der Waals surface area contributed by atoms with E-state index in [1.807, 2.05) is 51.1 Å². The van der Waals surface area contributed by atoms with Gasteiger partial charge in [-0.05, 0) is 39.7 Å². The number of carbonyl (C=O) groups is 2. The first-order valence-electron chi connectivity index (χ1n) is 7.65. The predicted molar refractivity (Wildman–Crippen MR) is 85.3 cm³/mol. The zero-order valence-corrected chi connectivity index (χ0v) is 13.9. The van der Waals surface area contributed by atoms with Crippen molar-refractivity contribution < 1.29 is 19.1 Å². The number of esters is 1. The van der Waals surface area contributed by atoms with Crippen LogP contribution in [0.4, 0.5) is 0 Å². The number of hydrogen-bond donors (Lipinski definition) is 0. The molecule has 22 heavy (non-hydrogen) atoms. The van der Waals surface area contributed by atoms with Gasteiger partial charge in [0.05, 0.1) is 17.6 Å². The van der Waals surface area contributed by atoms with Gasteiger partial charge in [-0.25, -0.2) is 0 Å². The third-order valence-corrected chi connectivity index (χ3v) is 3.23. The lowest BCUT2D eigenvalue weighted by atomic mass is 9.99. The summed E-state index contributed by atoms with van der Waals surface area (Å²) < 4.78 is 11.3. The maximum atomic E-state index is 12.2. The van der Waals surface area contributed by atoms with Gasteiger partial charge in [-0.15, -0.1) is 0 Å². The van der Waals surface area contributed by atoms with Crippen LogP contribution in [0.3, 0.4) is 0 Å². The third-order valence-electron chi connectivity index (χ3n) is 3.23. The molecule has 1 rings (SSSR count). The zero-order valence-electron chi connectivity index (χ0n) is 13.9. The summed E-state index contributed by atoms with van der Waals surface area (Å²) in [6, 6.07) is 9.55. The predicted octanol–water partition coefficient (Wildman–Crippen LogP) is 3.53.